The van der Waals surface area contributed by atoms with Crippen LogP contribution in [0.5, 0.6) is 5.75 Å². The smallest absolute Gasteiger partial charge is 0.339 e. The molecule has 0 radical (unpaired) electrons. The van der Waals surface area contributed by atoms with Crippen LogP contribution in [0.4, 0.5) is 10.5 Å². The molecule has 0 atom stereocenters. The van der Waals surface area contributed by atoms with Crippen LogP contribution in [0.15, 0.2) is 59.7 Å². The first-order valence-corrected chi connectivity index (χ1v) is 6.57. The van der Waals surface area contributed by atoms with E-state index >= 15 is 0 Å². The van der Waals surface area contributed by atoms with Gasteiger partial charge in [0.25, 0.3) is 0 Å². The van der Waals surface area contributed by atoms with Crippen LogP contribution in [0.2, 0.25) is 0 Å². The van der Waals surface area contributed by atoms with Gasteiger partial charge in [0, 0.05) is 12.6 Å². The zero-order valence-electron chi connectivity index (χ0n) is 11.9. The predicted molar refractivity (Wildman–Crippen MR) is 83.9 cm³/mol. The Balaban J connectivity index is 1.84. The first-order valence-electron chi connectivity index (χ1n) is 6.57. The minimum Gasteiger partial charge on any atom is -0.427 e. The minimum atomic E-state index is -0.431. The number of para-hydroxylation sites is 1. The number of ether oxygens (including phenoxy) is 1. The van der Waals surface area contributed by atoms with Crippen molar-refractivity contribution in [1.82, 2.24) is 5.43 Å². The number of hydrogen-bond donors (Lipinski definition) is 2. The van der Waals surface area contributed by atoms with Crippen molar-refractivity contribution >= 4 is 23.9 Å². The molecule has 6 heteroatoms. The van der Waals surface area contributed by atoms with Crippen LogP contribution < -0.4 is 15.5 Å². The van der Waals surface area contributed by atoms with E-state index in [0.717, 1.165) is 5.56 Å². The van der Waals surface area contributed by atoms with E-state index in [0.29, 0.717) is 11.4 Å². The van der Waals surface area contributed by atoms with E-state index in [1.165, 1.54) is 13.1 Å². The summed E-state index contributed by atoms with van der Waals surface area (Å²) >= 11 is 0. The Morgan fingerprint density at radius 1 is 1.05 bits per heavy atom. The van der Waals surface area contributed by atoms with Gasteiger partial charge in [0.15, 0.2) is 0 Å². The molecule has 0 aromatic heterocycles. The van der Waals surface area contributed by atoms with Gasteiger partial charge >= 0.3 is 12.0 Å². The molecule has 22 heavy (non-hydrogen) atoms. The number of carbonyl (C=O) groups excluding carboxylic acids is 2. The minimum absolute atomic E-state index is 0.374. The van der Waals surface area contributed by atoms with Gasteiger partial charge in [-0.05, 0) is 42.0 Å². The summed E-state index contributed by atoms with van der Waals surface area (Å²) in [6, 6.07) is 15.4. The third-order valence-corrected chi connectivity index (χ3v) is 2.55. The van der Waals surface area contributed by atoms with Crippen LogP contribution in [-0.2, 0) is 4.79 Å². The van der Waals surface area contributed by atoms with E-state index in [9.17, 15) is 9.59 Å². The molecule has 0 spiro atoms. The van der Waals surface area contributed by atoms with Crippen molar-refractivity contribution in [3.05, 3.63) is 60.2 Å². The lowest BCUT2D eigenvalue weighted by Gasteiger charge is -2.03. The van der Waals surface area contributed by atoms with Gasteiger partial charge in [-0.15, -0.1) is 0 Å². The van der Waals surface area contributed by atoms with E-state index < -0.39 is 6.03 Å². The average Bonchev–Trinajstić information content (AvgIpc) is 2.49. The molecule has 0 fully saturated rings. The van der Waals surface area contributed by atoms with Crippen molar-refractivity contribution in [1.29, 1.82) is 0 Å². The van der Waals surface area contributed by atoms with E-state index in [-0.39, 0.29) is 5.97 Å². The lowest BCUT2D eigenvalue weighted by atomic mass is 10.2. The second-order valence-electron chi connectivity index (χ2n) is 4.35. The maximum Gasteiger partial charge on any atom is 0.339 e. The first-order chi connectivity index (χ1) is 10.6. The summed E-state index contributed by atoms with van der Waals surface area (Å²) in [4.78, 5) is 22.4. The molecule has 2 N–H and O–H groups in total. The van der Waals surface area contributed by atoms with Crippen molar-refractivity contribution in [3.63, 3.8) is 0 Å². The third kappa shape index (κ3) is 5.09. The SMILES string of the molecule is CC(=O)Oc1ccc(/C=N\NC(=O)Nc2ccccc2)cc1. The molecule has 0 saturated carbocycles. The molecule has 2 aromatic rings. The Morgan fingerprint density at radius 2 is 1.73 bits per heavy atom. The fourth-order valence-corrected chi connectivity index (χ4v) is 1.63. The van der Waals surface area contributed by atoms with Gasteiger partial charge in [0.2, 0.25) is 0 Å². The van der Waals surface area contributed by atoms with Crippen molar-refractivity contribution in [3.8, 4) is 5.75 Å². The van der Waals surface area contributed by atoms with Crippen molar-refractivity contribution in [2.45, 2.75) is 6.92 Å². The summed E-state index contributed by atoms with van der Waals surface area (Å²) in [6.07, 6.45) is 1.49. The summed E-state index contributed by atoms with van der Waals surface area (Å²) in [7, 11) is 0. The largest absolute Gasteiger partial charge is 0.427 e. The number of nitrogens with zero attached hydrogens (tertiary/aromatic N) is 1. The maximum atomic E-state index is 11.6. The molecule has 112 valence electrons. The topological polar surface area (TPSA) is 79.8 Å². The highest BCUT2D eigenvalue weighted by Crippen LogP contribution is 2.11. The molecule has 0 unspecified atom stereocenters. The number of hydrogen-bond acceptors (Lipinski definition) is 4. The van der Waals surface area contributed by atoms with Gasteiger partial charge in [0.05, 0.1) is 6.21 Å². The van der Waals surface area contributed by atoms with Gasteiger partial charge < -0.3 is 10.1 Å². The first kappa shape index (κ1) is 15.2. The number of rotatable bonds is 4. The number of nitrogens with one attached hydrogen (secondary N) is 2. The molecule has 6 nitrogen and oxygen atoms in total. The van der Waals surface area contributed by atoms with Crippen LogP contribution in [0.3, 0.4) is 0 Å². The zero-order valence-corrected chi connectivity index (χ0v) is 11.9. The van der Waals surface area contributed by atoms with E-state index in [2.05, 4.69) is 15.8 Å². The van der Waals surface area contributed by atoms with Gasteiger partial charge in [-0.25, -0.2) is 10.2 Å². The lowest BCUT2D eigenvalue weighted by molar-refractivity contribution is -0.131. The van der Waals surface area contributed by atoms with Crippen LogP contribution in [-0.4, -0.2) is 18.2 Å². The summed E-state index contributed by atoms with van der Waals surface area (Å²) in [6.45, 7) is 1.34. The highest BCUT2D eigenvalue weighted by atomic mass is 16.5. The van der Waals surface area contributed by atoms with Gasteiger partial charge in [0.1, 0.15) is 5.75 Å². The molecule has 0 saturated heterocycles. The van der Waals surface area contributed by atoms with Gasteiger partial charge in [-0.2, -0.15) is 5.10 Å². The molecular weight excluding hydrogens is 282 g/mol. The van der Waals surface area contributed by atoms with Crippen LogP contribution in [0.1, 0.15) is 12.5 Å². The Kier molecular flexibility index (Phi) is 5.25. The molecule has 0 heterocycles. The Bertz CT molecular complexity index is 667. The third-order valence-electron chi connectivity index (χ3n) is 2.55. The molecular formula is C16H15N3O3. The quantitative estimate of drug-likeness (QED) is 0.394. The van der Waals surface area contributed by atoms with Crippen LogP contribution in [0.25, 0.3) is 0 Å². The lowest BCUT2D eigenvalue weighted by Crippen LogP contribution is -2.24. The monoisotopic (exact) mass is 297 g/mol. The zero-order chi connectivity index (χ0) is 15.8. The standard InChI is InChI=1S/C16H15N3O3/c1-12(20)22-15-9-7-13(8-10-15)11-17-19-16(21)18-14-5-3-2-4-6-14/h2-11H,1H3,(H2,18,19,21)/b17-11-. The Hall–Kier alpha value is -3.15. The van der Waals surface area contributed by atoms with Crippen molar-refractivity contribution < 1.29 is 14.3 Å². The second-order valence-corrected chi connectivity index (χ2v) is 4.35. The highest BCUT2D eigenvalue weighted by molar-refractivity contribution is 5.90. The maximum absolute atomic E-state index is 11.6. The molecule has 2 amide bonds. The fraction of sp³-hybridized carbons (Fsp3) is 0.0625. The molecule has 0 aliphatic carbocycles. The number of hydrazone groups is 1. The van der Waals surface area contributed by atoms with E-state index in [1.54, 1.807) is 36.4 Å². The van der Waals surface area contributed by atoms with Crippen LogP contribution >= 0.6 is 0 Å². The number of anilines is 1. The van der Waals surface area contributed by atoms with Gasteiger partial charge in [-0.3, -0.25) is 4.79 Å². The molecule has 0 bridgehead atoms. The normalized spacial score (nSPS) is 10.2. The molecule has 0 aliphatic rings. The number of carbonyl (C=O) groups is 2. The summed E-state index contributed by atoms with van der Waals surface area (Å²) in [5.74, 6) is 0.0834. The Labute approximate surface area is 127 Å². The number of benzene rings is 2. The predicted octanol–water partition coefficient (Wildman–Crippen LogP) is 2.77. The summed E-state index contributed by atoms with van der Waals surface area (Å²) < 4.78 is 4.92. The molecule has 0 aliphatic heterocycles. The highest BCUT2D eigenvalue weighted by Gasteiger charge is 1.99. The Morgan fingerprint density at radius 3 is 2.36 bits per heavy atom. The van der Waals surface area contributed by atoms with E-state index in [4.69, 9.17) is 4.74 Å². The van der Waals surface area contributed by atoms with E-state index in [1.807, 2.05) is 18.2 Å². The van der Waals surface area contributed by atoms with Gasteiger partial charge in [-0.1, -0.05) is 18.2 Å². The second kappa shape index (κ2) is 7.58. The summed E-state index contributed by atoms with van der Waals surface area (Å²) in [5.41, 5.74) is 3.80. The number of urea groups is 1. The van der Waals surface area contributed by atoms with Crippen molar-refractivity contribution in [2.75, 3.05) is 5.32 Å². The number of amides is 2. The number of esters is 1. The summed E-state index contributed by atoms with van der Waals surface area (Å²) in [5, 5.41) is 6.47. The van der Waals surface area contributed by atoms with Crippen molar-refractivity contribution in [2.24, 2.45) is 5.10 Å². The average molecular weight is 297 g/mol. The molecule has 2 rings (SSSR count). The van der Waals surface area contributed by atoms with Crippen LogP contribution in [0, 0.1) is 0 Å². The molecule has 2 aromatic carbocycles. The fourth-order valence-electron chi connectivity index (χ4n) is 1.63.